The molecule has 106 valence electrons. The highest BCUT2D eigenvalue weighted by Crippen LogP contribution is 2.19. The van der Waals surface area contributed by atoms with Gasteiger partial charge >= 0.3 is 0 Å². The van der Waals surface area contributed by atoms with E-state index in [1.807, 2.05) is 24.3 Å². The third-order valence-electron chi connectivity index (χ3n) is 3.06. The first-order chi connectivity index (χ1) is 9.69. The Morgan fingerprint density at radius 2 is 2.10 bits per heavy atom. The second-order valence-electron chi connectivity index (χ2n) is 4.56. The number of carbonyl (C=O) groups is 1. The van der Waals surface area contributed by atoms with E-state index in [-0.39, 0.29) is 5.91 Å². The van der Waals surface area contributed by atoms with Crippen molar-refractivity contribution in [2.45, 2.75) is 13.5 Å². The Balaban J connectivity index is 1.91. The van der Waals surface area contributed by atoms with E-state index in [1.54, 1.807) is 17.4 Å². The maximum Gasteiger partial charge on any atom is 0.279 e. The fourth-order valence-corrected chi connectivity index (χ4v) is 2.92. The fourth-order valence-electron chi connectivity index (χ4n) is 1.96. The number of para-hydroxylation sites is 1. The molecule has 1 aromatic heterocycles. The van der Waals surface area contributed by atoms with Gasteiger partial charge in [0.2, 0.25) is 0 Å². The van der Waals surface area contributed by atoms with Gasteiger partial charge < -0.3 is 10.2 Å². The Morgan fingerprint density at radius 1 is 1.30 bits per heavy atom. The minimum Gasteiger partial charge on any atom is -0.323 e. The summed E-state index contributed by atoms with van der Waals surface area (Å²) < 4.78 is 0. The number of hydrogen-bond acceptors (Lipinski definition) is 2. The van der Waals surface area contributed by atoms with Gasteiger partial charge in [0.25, 0.3) is 5.91 Å². The summed E-state index contributed by atoms with van der Waals surface area (Å²) in [6, 6.07) is 11.4. The Bertz CT molecular complexity index is 557. The molecule has 0 aliphatic rings. The van der Waals surface area contributed by atoms with Crippen LogP contribution in [0.2, 0.25) is 5.02 Å². The molecule has 1 atom stereocenters. The van der Waals surface area contributed by atoms with Gasteiger partial charge in [0.1, 0.15) is 6.54 Å². The van der Waals surface area contributed by atoms with Crippen LogP contribution in [0.5, 0.6) is 0 Å². The minimum absolute atomic E-state index is 0.00786. The summed E-state index contributed by atoms with van der Waals surface area (Å²) in [5.74, 6) is -0.00786. The number of rotatable bonds is 6. The molecule has 1 amide bonds. The monoisotopic (exact) mass is 309 g/mol. The number of likely N-dealkylation sites (N-methyl/N-ethyl adjacent to an activating group) is 1. The van der Waals surface area contributed by atoms with Crippen molar-refractivity contribution in [3.05, 3.63) is 51.7 Å². The topological polar surface area (TPSA) is 33.5 Å². The molecule has 0 saturated heterocycles. The van der Waals surface area contributed by atoms with E-state index in [0.717, 1.165) is 13.1 Å². The second kappa shape index (κ2) is 7.43. The standard InChI is InChI=1S/C15H17ClN2OS/c1-2-18(10-12-6-5-9-20-12)11-15(19)17-14-8-4-3-7-13(14)16/h3-9H,2,10-11H2,1H3,(H,17,19)/p+1. The highest BCUT2D eigenvalue weighted by atomic mass is 35.5. The molecule has 1 heterocycles. The quantitative estimate of drug-likeness (QED) is 0.844. The predicted octanol–water partition coefficient (Wildman–Crippen LogP) is 2.45. The number of benzene rings is 1. The average molecular weight is 310 g/mol. The van der Waals surface area contributed by atoms with Gasteiger partial charge in [-0.25, -0.2) is 0 Å². The lowest BCUT2D eigenvalue weighted by Gasteiger charge is -2.16. The van der Waals surface area contributed by atoms with E-state index in [1.165, 1.54) is 9.78 Å². The molecule has 2 rings (SSSR count). The maximum atomic E-state index is 12.1. The fraction of sp³-hybridized carbons (Fsp3) is 0.267. The summed E-state index contributed by atoms with van der Waals surface area (Å²) in [6.45, 7) is 4.32. The van der Waals surface area contributed by atoms with Crippen molar-refractivity contribution < 1.29 is 9.69 Å². The average Bonchev–Trinajstić information content (AvgIpc) is 2.93. The third kappa shape index (κ3) is 4.34. The summed E-state index contributed by atoms with van der Waals surface area (Å²) in [5.41, 5.74) is 0.672. The van der Waals surface area contributed by atoms with Crippen LogP contribution in [0, 0.1) is 0 Å². The number of halogens is 1. The zero-order valence-corrected chi connectivity index (χ0v) is 12.9. The molecule has 3 nitrogen and oxygen atoms in total. The smallest absolute Gasteiger partial charge is 0.279 e. The number of carbonyl (C=O) groups excluding carboxylic acids is 1. The number of amides is 1. The van der Waals surface area contributed by atoms with Crippen LogP contribution < -0.4 is 10.2 Å². The zero-order valence-electron chi connectivity index (χ0n) is 11.4. The van der Waals surface area contributed by atoms with E-state index in [9.17, 15) is 4.79 Å². The zero-order chi connectivity index (χ0) is 14.4. The van der Waals surface area contributed by atoms with E-state index >= 15 is 0 Å². The van der Waals surface area contributed by atoms with Gasteiger partial charge in [-0.1, -0.05) is 29.8 Å². The first-order valence-electron chi connectivity index (χ1n) is 6.59. The molecular weight excluding hydrogens is 292 g/mol. The number of thiophene rings is 1. The number of quaternary nitrogens is 1. The van der Waals surface area contributed by atoms with Crippen LogP contribution in [0.3, 0.4) is 0 Å². The molecule has 0 fully saturated rings. The molecule has 1 unspecified atom stereocenters. The molecule has 0 radical (unpaired) electrons. The van der Waals surface area contributed by atoms with Crippen LogP contribution >= 0.6 is 22.9 Å². The first-order valence-corrected chi connectivity index (χ1v) is 7.85. The summed E-state index contributed by atoms with van der Waals surface area (Å²) in [7, 11) is 0. The molecule has 0 aliphatic heterocycles. The van der Waals surface area contributed by atoms with Crippen LogP contribution in [-0.2, 0) is 11.3 Å². The Kier molecular flexibility index (Phi) is 5.59. The van der Waals surface area contributed by atoms with E-state index in [2.05, 4.69) is 23.7 Å². The number of hydrogen-bond donors (Lipinski definition) is 2. The molecule has 0 spiro atoms. The first kappa shape index (κ1) is 15.0. The highest BCUT2D eigenvalue weighted by Gasteiger charge is 2.14. The van der Waals surface area contributed by atoms with Crippen molar-refractivity contribution in [1.29, 1.82) is 0 Å². The largest absolute Gasteiger partial charge is 0.323 e. The van der Waals surface area contributed by atoms with Crippen LogP contribution in [0.1, 0.15) is 11.8 Å². The van der Waals surface area contributed by atoms with Crippen molar-refractivity contribution >= 4 is 34.5 Å². The second-order valence-corrected chi connectivity index (χ2v) is 6.00. The maximum absolute atomic E-state index is 12.1. The van der Waals surface area contributed by atoms with Gasteiger partial charge in [-0.2, -0.15) is 0 Å². The van der Waals surface area contributed by atoms with Gasteiger partial charge in [-0.15, -0.1) is 11.3 Å². The Morgan fingerprint density at radius 3 is 2.75 bits per heavy atom. The molecule has 2 N–H and O–H groups in total. The van der Waals surface area contributed by atoms with Crippen molar-refractivity contribution in [3.8, 4) is 0 Å². The van der Waals surface area contributed by atoms with Gasteiger partial charge in [-0.3, -0.25) is 4.79 Å². The van der Waals surface area contributed by atoms with Gasteiger partial charge in [0.05, 0.1) is 22.1 Å². The van der Waals surface area contributed by atoms with Crippen LogP contribution in [0.15, 0.2) is 41.8 Å². The van der Waals surface area contributed by atoms with Crippen LogP contribution in [-0.4, -0.2) is 19.0 Å². The van der Waals surface area contributed by atoms with Crippen molar-refractivity contribution in [3.63, 3.8) is 0 Å². The van der Waals surface area contributed by atoms with Gasteiger partial charge in [0.15, 0.2) is 6.54 Å². The van der Waals surface area contributed by atoms with Crippen molar-refractivity contribution in [1.82, 2.24) is 0 Å². The molecule has 0 bridgehead atoms. The lowest BCUT2D eigenvalue weighted by Crippen LogP contribution is -3.11. The molecule has 20 heavy (non-hydrogen) atoms. The summed E-state index contributed by atoms with van der Waals surface area (Å²) in [4.78, 5) is 14.6. The van der Waals surface area contributed by atoms with Gasteiger partial charge in [0, 0.05) is 0 Å². The molecular formula is C15H18ClN2OS+. The third-order valence-corrected chi connectivity index (χ3v) is 4.27. The van der Waals surface area contributed by atoms with Crippen molar-refractivity contribution in [2.75, 3.05) is 18.4 Å². The molecule has 1 aromatic carbocycles. The van der Waals surface area contributed by atoms with E-state index in [0.29, 0.717) is 17.3 Å². The predicted molar refractivity (Wildman–Crippen MR) is 84.5 cm³/mol. The molecule has 5 heteroatoms. The molecule has 2 aromatic rings. The summed E-state index contributed by atoms with van der Waals surface area (Å²) in [6.07, 6.45) is 0. The normalized spacial score (nSPS) is 12.1. The van der Waals surface area contributed by atoms with Crippen LogP contribution in [0.25, 0.3) is 0 Å². The molecule has 0 aliphatic carbocycles. The highest BCUT2D eigenvalue weighted by molar-refractivity contribution is 7.09. The number of anilines is 1. The van der Waals surface area contributed by atoms with Crippen molar-refractivity contribution in [2.24, 2.45) is 0 Å². The van der Waals surface area contributed by atoms with Gasteiger partial charge in [-0.05, 0) is 30.5 Å². The van der Waals surface area contributed by atoms with E-state index in [4.69, 9.17) is 11.6 Å². The SMILES string of the molecule is CC[NH+](CC(=O)Nc1ccccc1Cl)Cc1cccs1. The lowest BCUT2D eigenvalue weighted by atomic mass is 10.3. The summed E-state index contributed by atoms with van der Waals surface area (Å²) >= 11 is 7.76. The Hall–Kier alpha value is -1.36. The lowest BCUT2D eigenvalue weighted by molar-refractivity contribution is -0.903. The Labute approximate surface area is 128 Å². The van der Waals surface area contributed by atoms with E-state index < -0.39 is 0 Å². The van der Waals surface area contributed by atoms with Crippen LogP contribution in [0.4, 0.5) is 5.69 Å². The molecule has 0 saturated carbocycles. The summed E-state index contributed by atoms with van der Waals surface area (Å²) in [5, 5.41) is 5.50. The number of nitrogens with one attached hydrogen (secondary N) is 2. The minimum atomic E-state index is -0.00786.